The topological polar surface area (TPSA) is 66.6 Å². The Hall–Kier alpha value is -1.88. The molecule has 1 aromatic carbocycles. The molecule has 2 N–H and O–H groups in total. The monoisotopic (exact) mass is 301 g/mol. The van der Waals surface area contributed by atoms with Crippen LogP contribution in [0.3, 0.4) is 0 Å². The van der Waals surface area contributed by atoms with E-state index in [1.54, 1.807) is 0 Å². The number of carbonyl (C=O) groups excluding carboxylic acids is 2. The van der Waals surface area contributed by atoms with Gasteiger partial charge in [0.05, 0.1) is 12.5 Å². The molecular formula is C17H23N3O2. The van der Waals surface area contributed by atoms with E-state index >= 15 is 0 Å². The standard InChI is InChI=1S/C17H23N3O2/c1-12-6-7-15(17(18)22)10-20(12)16(21)11-19-8-13-4-2-3-5-14(13)9-19/h2-5,12,15H,6-11H2,1H3,(H2,18,22)/t12-,15-/m1/s1. The zero-order valence-corrected chi connectivity index (χ0v) is 13.0. The van der Waals surface area contributed by atoms with Crippen LogP contribution >= 0.6 is 0 Å². The lowest BCUT2D eigenvalue weighted by Crippen LogP contribution is -2.51. The van der Waals surface area contributed by atoms with Gasteiger partial charge in [-0.05, 0) is 30.9 Å². The van der Waals surface area contributed by atoms with Gasteiger partial charge in [0.1, 0.15) is 0 Å². The van der Waals surface area contributed by atoms with Crippen LogP contribution in [0.4, 0.5) is 0 Å². The second kappa shape index (κ2) is 6.08. The molecule has 22 heavy (non-hydrogen) atoms. The number of rotatable bonds is 3. The van der Waals surface area contributed by atoms with Gasteiger partial charge in [0.2, 0.25) is 11.8 Å². The van der Waals surface area contributed by atoms with E-state index in [2.05, 4.69) is 17.0 Å². The molecule has 2 amide bonds. The minimum atomic E-state index is -0.293. The quantitative estimate of drug-likeness (QED) is 0.909. The van der Waals surface area contributed by atoms with Gasteiger partial charge in [0.15, 0.2) is 0 Å². The maximum atomic E-state index is 12.6. The highest BCUT2D eigenvalue weighted by Gasteiger charge is 2.32. The number of likely N-dealkylation sites (tertiary alicyclic amines) is 1. The van der Waals surface area contributed by atoms with Gasteiger partial charge in [-0.25, -0.2) is 0 Å². The average molecular weight is 301 g/mol. The van der Waals surface area contributed by atoms with Crippen molar-refractivity contribution < 1.29 is 9.59 Å². The number of benzene rings is 1. The Morgan fingerprint density at radius 3 is 2.41 bits per heavy atom. The molecule has 3 rings (SSSR count). The highest BCUT2D eigenvalue weighted by molar-refractivity contribution is 5.81. The van der Waals surface area contributed by atoms with Crippen molar-refractivity contribution in [1.29, 1.82) is 0 Å². The fraction of sp³-hybridized carbons (Fsp3) is 0.529. The molecule has 1 aromatic rings. The van der Waals surface area contributed by atoms with E-state index in [9.17, 15) is 9.59 Å². The van der Waals surface area contributed by atoms with E-state index in [4.69, 9.17) is 5.73 Å². The SMILES string of the molecule is C[C@@H]1CC[C@@H](C(N)=O)CN1C(=O)CN1Cc2ccccc2C1. The molecule has 2 aliphatic rings. The van der Waals surface area contributed by atoms with Gasteiger partial charge in [-0.1, -0.05) is 24.3 Å². The van der Waals surface area contributed by atoms with E-state index < -0.39 is 0 Å². The first-order valence-corrected chi connectivity index (χ1v) is 7.92. The van der Waals surface area contributed by atoms with Crippen molar-refractivity contribution in [1.82, 2.24) is 9.80 Å². The minimum absolute atomic E-state index is 0.103. The molecule has 2 heterocycles. The summed E-state index contributed by atoms with van der Waals surface area (Å²) in [5, 5.41) is 0. The molecule has 1 saturated heterocycles. The molecule has 2 aliphatic heterocycles. The predicted molar refractivity (Wildman–Crippen MR) is 83.6 cm³/mol. The van der Waals surface area contributed by atoms with E-state index in [0.29, 0.717) is 13.1 Å². The fourth-order valence-corrected chi connectivity index (χ4v) is 3.48. The van der Waals surface area contributed by atoms with Crippen LogP contribution in [0.25, 0.3) is 0 Å². The van der Waals surface area contributed by atoms with Crippen molar-refractivity contribution >= 4 is 11.8 Å². The molecule has 1 fully saturated rings. The summed E-state index contributed by atoms with van der Waals surface area (Å²) in [6.45, 7) is 4.57. The molecule has 5 nitrogen and oxygen atoms in total. The highest BCUT2D eigenvalue weighted by Crippen LogP contribution is 2.24. The van der Waals surface area contributed by atoms with Gasteiger partial charge in [-0.2, -0.15) is 0 Å². The Kier molecular flexibility index (Phi) is 4.16. The van der Waals surface area contributed by atoms with Crippen LogP contribution in [0, 0.1) is 5.92 Å². The molecule has 0 bridgehead atoms. The van der Waals surface area contributed by atoms with Crippen LogP contribution in [-0.4, -0.2) is 40.7 Å². The molecule has 2 atom stereocenters. The molecule has 0 aromatic heterocycles. The first-order chi connectivity index (χ1) is 10.5. The Labute approximate surface area is 131 Å². The van der Waals surface area contributed by atoms with Gasteiger partial charge in [0, 0.05) is 25.7 Å². The van der Waals surface area contributed by atoms with Crippen molar-refractivity contribution in [2.24, 2.45) is 11.7 Å². The third-order valence-electron chi connectivity index (χ3n) is 4.87. The van der Waals surface area contributed by atoms with Crippen molar-refractivity contribution in [3.05, 3.63) is 35.4 Å². The molecular weight excluding hydrogens is 278 g/mol. The Morgan fingerprint density at radius 1 is 1.18 bits per heavy atom. The zero-order valence-electron chi connectivity index (χ0n) is 13.0. The van der Waals surface area contributed by atoms with E-state index in [-0.39, 0.29) is 23.8 Å². The van der Waals surface area contributed by atoms with Gasteiger partial charge in [-0.15, -0.1) is 0 Å². The summed E-state index contributed by atoms with van der Waals surface area (Å²) in [7, 11) is 0. The number of carbonyl (C=O) groups is 2. The highest BCUT2D eigenvalue weighted by atomic mass is 16.2. The number of hydrogen-bond donors (Lipinski definition) is 1. The number of nitrogens with zero attached hydrogens (tertiary/aromatic N) is 2. The average Bonchev–Trinajstić information content (AvgIpc) is 2.89. The van der Waals surface area contributed by atoms with E-state index in [0.717, 1.165) is 25.9 Å². The number of nitrogens with two attached hydrogens (primary N) is 1. The van der Waals surface area contributed by atoms with Crippen molar-refractivity contribution in [3.8, 4) is 0 Å². The van der Waals surface area contributed by atoms with Crippen LogP contribution in [0.15, 0.2) is 24.3 Å². The summed E-state index contributed by atoms with van der Waals surface area (Å²) in [4.78, 5) is 28.0. The first kappa shape index (κ1) is 15.0. The van der Waals surface area contributed by atoms with E-state index in [1.807, 2.05) is 24.0 Å². The third kappa shape index (κ3) is 2.99. The normalized spacial score (nSPS) is 25.0. The van der Waals surface area contributed by atoms with Crippen LogP contribution in [-0.2, 0) is 22.7 Å². The molecule has 0 unspecified atom stereocenters. The molecule has 118 valence electrons. The van der Waals surface area contributed by atoms with Crippen molar-refractivity contribution in [3.63, 3.8) is 0 Å². The number of fused-ring (bicyclic) bond motifs is 1. The lowest BCUT2D eigenvalue weighted by Gasteiger charge is -2.37. The lowest BCUT2D eigenvalue weighted by molar-refractivity contribution is -0.138. The maximum absolute atomic E-state index is 12.6. The third-order valence-corrected chi connectivity index (χ3v) is 4.87. The summed E-state index contributed by atoms with van der Waals surface area (Å²) in [6.07, 6.45) is 1.63. The number of hydrogen-bond acceptors (Lipinski definition) is 3. The summed E-state index contributed by atoms with van der Waals surface area (Å²) >= 11 is 0. The number of amides is 2. The Bertz CT molecular complexity index is 562. The first-order valence-electron chi connectivity index (χ1n) is 7.92. The Balaban J connectivity index is 1.61. The van der Waals surface area contributed by atoms with Gasteiger partial charge >= 0.3 is 0 Å². The minimum Gasteiger partial charge on any atom is -0.369 e. The smallest absolute Gasteiger partial charge is 0.237 e. The largest absolute Gasteiger partial charge is 0.369 e. The molecule has 0 saturated carbocycles. The molecule has 0 aliphatic carbocycles. The second-order valence-corrected chi connectivity index (χ2v) is 6.49. The molecule has 5 heteroatoms. The summed E-state index contributed by atoms with van der Waals surface area (Å²) in [5.74, 6) is -0.388. The fourth-order valence-electron chi connectivity index (χ4n) is 3.48. The number of piperidine rings is 1. The predicted octanol–water partition coefficient (Wildman–Crippen LogP) is 1.11. The summed E-state index contributed by atoms with van der Waals surface area (Å²) < 4.78 is 0. The van der Waals surface area contributed by atoms with Crippen molar-refractivity contribution in [2.75, 3.05) is 13.1 Å². The maximum Gasteiger partial charge on any atom is 0.237 e. The molecule has 0 spiro atoms. The van der Waals surface area contributed by atoms with Crippen LogP contribution < -0.4 is 5.73 Å². The van der Waals surface area contributed by atoms with E-state index in [1.165, 1.54) is 11.1 Å². The van der Waals surface area contributed by atoms with Gasteiger partial charge < -0.3 is 10.6 Å². The lowest BCUT2D eigenvalue weighted by atomic mass is 9.93. The zero-order chi connectivity index (χ0) is 15.7. The van der Waals surface area contributed by atoms with Crippen LogP contribution in [0.5, 0.6) is 0 Å². The van der Waals surface area contributed by atoms with Gasteiger partial charge in [0.25, 0.3) is 0 Å². The van der Waals surface area contributed by atoms with Crippen LogP contribution in [0.1, 0.15) is 30.9 Å². The molecule has 0 radical (unpaired) electrons. The summed E-state index contributed by atoms with van der Waals surface area (Å²) in [6, 6.07) is 8.50. The van der Waals surface area contributed by atoms with Gasteiger partial charge in [-0.3, -0.25) is 14.5 Å². The van der Waals surface area contributed by atoms with Crippen LogP contribution in [0.2, 0.25) is 0 Å². The second-order valence-electron chi connectivity index (χ2n) is 6.49. The number of primary amides is 1. The summed E-state index contributed by atoms with van der Waals surface area (Å²) in [5.41, 5.74) is 8.01. The van der Waals surface area contributed by atoms with Crippen molar-refractivity contribution in [2.45, 2.75) is 38.9 Å². The Morgan fingerprint density at radius 2 is 1.82 bits per heavy atom.